The molecule has 0 bridgehead atoms. The van der Waals surface area contributed by atoms with Crippen LogP contribution in [-0.2, 0) is 6.42 Å². The number of nitrogens with zero attached hydrogens (tertiary/aromatic N) is 2. The van der Waals surface area contributed by atoms with E-state index >= 15 is 0 Å². The molecule has 2 aromatic rings. The van der Waals surface area contributed by atoms with Crippen LogP contribution in [0, 0.1) is 11.3 Å². The van der Waals surface area contributed by atoms with E-state index in [1.165, 1.54) is 12.0 Å². The van der Waals surface area contributed by atoms with Crippen molar-refractivity contribution in [2.45, 2.75) is 31.4 Å². The van der Waals surface area contributed by atoms with Crippen LogP contribution in [0.3, 0.4) is 0 Å². The van der Waals surface area contributed by atoms with Gasteiger partial charge in [0.1, 0.15) is 18.5 Å². The number of thiophene rings is 1. The number of rotatable bonds is 7. The molecule has 0 radical (unpaired) electrons. The molecule has 1 fully saturated rings. The largest absolute Gasteiger partial charge is 0.491 e. The van der Waals surface area contributed by atoms with Crippen LogP contribution in [0.4, 0.5) is 0 Å². The fourth-order valence-electron chi connectivity index (χ4n) is 3.20. The van der Waals surface area contributed by atoms with Gasteiger partial charge in [0.15, 0.2) is 0 Å². The van der Waals surface area contributed by atoms with Crippen molar-refractivity contribution in [2.75, 3.05) is 19.7 Å². The Labute approximate surface area is 146 Å². The maximum absolute atomic E-state index is 10.3. The molecule has 1 N–H and O–H groups in total. The van der Waals surface area contributed by atoms with Crippen LogP contribution in [0.5, 0.6) is 5.75 Å². The summed E-state index contributed by atoms with van der Waals surface area (Å²) in [6, 6.07) is 12.2. The minimum atomic E-state index is -0.511. The Morgan fingerprint density at radius 2 is 2.17 bits per heavy atom. The van der Waals surface area contributed by atoms with E-state index in [1.54, 1.807) is 11.3 Å². The molecular formula is C19H22N2O2S. The Kier molecular flexibility index (Phi) is 5.86. The van der Waals surface area contributed by atoms with Crippen molar-refractivity contribution in [1.82, 2.24) is 4.90 Å². The maximum atomic E-state index is 10.3. The van der Waals surface area contributed by atoms with Crippen molar-refractivity contribution in [2.24, 2.45) is 0 Å². The second kappa shape index (κ2) is 8.29. The van der Waals surface area contributed by atoms with Crippen molar-refractivity contribution in [3.63, 3.8) is 0 Å². The minimum Gasteiger partial charge on any atom is -0.491 e. The molecule has 0 amide bonds. The van der Waals surface area contributed by atoms with Crippen molar-refractivity contribution in [1.29, 1.82) is 5.26 Å². The van der Waals surface area contributed by atoms with E-state index < -0.39 is 6.10 Å². The first-order valence-electron chi connectivity index (χ1n) is 8.29. The van der Waals surface area contributed by atoms with Crippen molar-refractivity contribution in [3.05, 3.63) is 52.2 Å². The lowest BCUT2D eigenvalue weighted by Gasteiger charge is -2.26. The molecule has 1 aromatic carbocycles. The highest BCUT2D eigenvalue weighted by Crippen LogP contribution is 2.32. The summed E-state index contributed by atoms with van der Waals surface area (Å²) in [6.07, 6.45) is 2.23. The second-order valence-electron chi connectivity index (χ2n) is 6.15. The molecule has 0 saturated carbocycles. The number of ether oxygens (including phenoxy) is 1. The van der Waals surface area contributed by atoms with Gasteiger partial charge in [-0.25, -0.2) is 0 Å². The zero-order valence-electron chi connectivity index (χ0n) is 13.6. The highest BCUT2D eigenvalue weighted by Gasteiger charge is 2.27. The molecule has 1 saturated heterocycles. The smallest absolute Gasteiger partial charge is 0.119 e. The van der Waals surface area contributed by atoms with Gasteiger partial charge in [-0.05, 0) is 59.5 Å². The monoisotopic (exact) mass is 342 g/mol. The zero-order chi connectivity index (χ0) is 16.8. The fraction of sp³-hybridized carbons (Fsp3) is 0.421. The lowest BCUT2D eigenvalue weighted by molar-refractivity contribution is 0.0639. The number of hydrogen-bond donors (Lipinski definition) is 1. The van der Waals surface area contributed by atoms with Crippen LogP contribution in [0.25, 0.3) is 0 Å². The predicted octanol–water partition coefficient (Wildman–Crippen LogP) is 3.39. The molecule has 2 heterocycles. The van der Waals surface area contributed by atoms with Gasteiger partial charge in [-0.3, -0.25) is 4.90 Å². The molecular weight excluding hydrogens is 320 g/mol. The first-order chi connectivity index (χ1) is 11.8. The highest BCUT2D eigenvalue weighted by molar-refractivity contribution is 7.07. The quantitative estimate of drug-likeness (QED) is 0.838. The van der Waals surface area contributed by atoms with Gasteiger partial charge < -0.3 is 9.84 Å². The fourth-order valence-corrected chi connectivity index (χ4v) is 3.90. The van der Waals surface area contributed by atoms with E-state index in [-0.39, 0.29) is 6.61 Å². The van der Waals surface area contributed by atoms with E-state index in [0.717, 1.165) is 24.3 Å². The van der Waals surface area contributed by atoms with Gasteiger partial charge in [-0.1, -0.05) is 12.1 Å². The zero-order valence-corrected chi connectivity index (χ0v) is 14.4. The van der Waals surface area contributed by atoms with Crippen LogP contribution < -0.4 is 4.74 Å². The Morgan fingerprint density at radius 1 is 1.33 bits per heavy atom. The molecule has 0 aliphatic carbocycles. The molecule has 126 valence electrons. The first kappa shape index (κ1) is 17.0. The molecule has 1 aliphatic heterocycles. The van der Waals surface area contributed by atoms with E-state index in [2.05, 4.69) is 27.8 Å². The van der Waals surface area contributed by atoms with Gasteiger partial charge in [0, 0.05) is 12.6 Å². The lowest BCUT2D eigenvalue weighted by Crippen LogP contribution is -2.35. The Morgan fingerprint density at radius 3 is 2.88 bits per heavy atom. The molecule has 5 heteroatoms. The second-order valence-corrected chi connectivity index (χ2v) is 6.93. The molecule has 4 nitrogen and oxygen atoms in total. The van der Waals surface area contributed by atoms with Gasteiger partial charge in [-0.15, -0.1) is 0 Å². The average molecular weight is 342 g/mol. The molecule has 24 heavy (non-hydrogen) atoms. The lowest BCUT2D eigenvalue weighted by atomic mass is 10.1. The number of nitriles is 1. The summed E-state index contributed by atoms with van der Waals surface area (Å²) < 4.78 is 5.68. The minimum absolute atomic E-state index is 0.282. The Balaban J connectivity index is 1.48. The van der Waals surface area contributed by atoms with E-state index in [0.29, 0.717) is 19.0 Å². The van der Waals surface area contributed by atoms with Crippen LogP contribution in [0.2, 0.25) is 0 Å². The SMILES string of the molecule is N#CCc1ccc(OC[C@@H](O)CN2CCC[C@@H]2c2ccsc2)cc1. The molecule has 2 atom stereocenters. The molecule has 1 aliphatic rings. The first-order valence-corrected chi connectivity index (χ1v) is 9.23. The van der Waals surface area contributed by atoms with Crippen molar-refractivity contribution >= 4 is 11.3 Å². The third-order valence-electron chi connectivity index (χ3n) is 4.39. The summed E-state index contributed by atoms with van der Waals surface area (Å²) in [6.45, 7) is 1.94. The van der Waals surface area contributed by atoms with Crippen molar-refractivity contribution < 1.29 is 9.84 Å². The highest BCUT2D eigenvalue weighted by atomic mass is 32.1. The number of hydrogen-bond acceptors (Lipinski definition) is 5. The number of benzene rings is 1. The molecule has 0 unspecified atom stereocenters. The van der Waals surface area contributed by atoms with Gasteiger partial charge in [0.2, 0.25) is 0 Å². The molecule has 0 spiro atoms. The summed E-state index contributed by atoms with van der Waals surface area (Å²) in [7, 11) is 0. The number of β-amino-alcohol motifs (C(OH)–C–C–N with tert-alkyl or cyclic N) is 1. The van der Waals surface area contributed by atoms with Gasteiger partial charge in [0.25, 0.3) is 0 Å². The summed E-state index contributed by atoms with van der Waals surface area (Å²) in [5, 5.41) is 23.3. The van der Waals surface area contributed by atoms with Crippen LogP contribution >= 0.6 is 11.3 Å². The summed E-state index contributed by atoms with van der Waals surface area (Å²) in [4.78, 5) is 2.35. The predicted molar refractivity (Wildman–Crippen MR) is 95.1 cm³/mol. The normalized spacial score (nSPS) is 19.1. The van der Waals surface area contributed by atoms with Crippen LogP contribution in [-0.4, -0.2) is 35.8 Å². The van der Waals surface area contributed by atoms with Crippen LogP contribution in [0.1, 0.15) is 30.0 Å². The molecule has 1 aromatic heterocycles. The number of aliphatic hydroxyl groups is 1. The van der Waals surface area contributed by atoms with Gasteiger partial charge >= 0.3 is 0 Å². The summed E-state index contributed by atoms with van der Waals surface area (Å²) in [5.74, 6) is 0.728. The molecule has 3 rings (SSSR count). The average Bonchev–Trinajstić information content (AvgIpc) is 3.25. The third kappa shape index (κ3) is 4.35. The third-order valence-corrected chi connectivity index (χ3v) is 5.09. The Bertz CT molecular complexity index is 664. The standard InChI is InChI=1S/C19H22N2O2S/c20-9-7-15-3-5-18(6-4-15)23-13-17(22)12-21-10-1-2-19(21)16-8-11-24-14-16/h3-6,8,11,14,17,19,22H,1-2,7,10,12-13H2/t17-,19+/m0/s1. The maximum Gasteiger partial charge on any atom is 0.119 e. The number of aliphatic hydroxyl groups excluding tert-OH is 1. The van der Waals surface area contributed by atoms with E-state index in [9.17, 15) is 5.11 Å². The topological polar surface area (TPSA) is 56.5 Å². The van der Waals surface area contributed by atoms with E-state index in [1.807, 2.05) is 24.3 Å². The van der Waals surface area contributed by atoms with Gasteiger partial charge in [0.05, 0.1) is 12.5 Å². The Hall–Kier alpha value is -1.87. The van der Waals surface area contributed by atoms with E-state index in [4.69, 9.17) is 10.00 Å². The summed E-state index contributed by atoms with van der Waals surface area (Å²) in [5.41, 5.74) is 2.33. The number of likely N-dealkylation sites (tertiary alicyclic amines) is 1. The van der Waals surface area contributed by atoms with Crippen LogP contribution in [0.15, 0.2) is 41.1 Å². The summed E-state index contributed by atoms with van der Waals surface area (Å²) >= 11 is 1.73. The van der Waals surface area contributed by atoms with Crippen molar-refractivity contribution in [3.8, 4) is 11.8 Å². The van der Waals surface area contributed by atoms with Gasteiger partial charge in [-0.2, -0.15) is 16.6 Å².